The number of nitrogens with two attached hydrogens (primary N) is 1. The maximum absolute atomic E-state index is 12.3. The van der Waals surface area contributed by atoms with E-state index in [0.717, 1.165) is 0 Å². The van der Waals surface area contributed by atoms with Crippen molar-refractivity contribution in [2.75, 3.05) is 16.0 Å². The number of primary amides is 1. The van der Waals surface area contributed by atoms with Crippen molar-refractivity contribution in [3.8, 4) is 22.8 Å². The number of nitrogens with zero attached hydrogens (tertiary/aromatic N) is 2. The molecule has 11 heteroatoms. The number of aromatic nitrogens is 2. The molecule has 0 spiro atoms. The van der Waals surface area contributed by atoms with Crippen LogP contribution < -0.4 is 21.7 Å². The summed E-state index contributed by atoms with van der Waals surface area (Å²) in [4.78, 5) is 27.7. The molecular weight excluding hydrogens is 467 g/mol. The van der Waals surface area contributed by atoms with Crippen LogP contribution in [0.25, 0.3) is 22.8 Å². The summed E-state index contributed by atoms with van der Waals surface area (Å²) in [6.45, 7) is 0. The molecule has 0 saturated heterocycles. The third-order valence-electron chi connectivity index (χ3n) is 4.38. The molecule has 0 aliphatic heterocycles. The maximum Gasteiger partial charge on any atom is 0.323 e. The minimum absolute atomic E-state index is 0.276. The second kappa shape index (κ2) is 9.60. The highest BCUT2D eigenvalue weighted by Gasteiger charge is 2.12. The van der Waals surface area contributed by atoms with Crippen LogP contribution in [0.4, 0.5) is 26.7 Å². The quantitative estimate of drug-likeness (QED) is 0.283. The molecule has 0 unspecified atom stereocenters. The summed E-state index contributed by atoms with van der Waals surface area (Å²) >= 11 is 11.9. The molecule has 0 saturated carbocycles. The lowest BCUT2D eigenvalue weighted by Crippen LogP contribution is -2.19. The lowest BCUT2D eigenvalue weighted by molar-refractivity contribution is 0.259. The van der Waals surface area contributed by atoms with Crippen molar-refractivity contribution in [2.45, 2.75) is 0 Å². The lowest BCUT2D eigenvalue weighted by atomic mass is 10.2. The smallest absolute Gasteiger partial charge is 0.323 e. The fraction of sp³-hybridized carbons (Fsp3) is 0. The Morgan fingerprint density at radius 3 is 2.18 bits per heavy atom. The molecule has 166 valence electrons. The van der Waals surface area contributed by atoms with Gasteiger partial charge in [0.15, 0.2) is 0 Å². The summed E-state index contributed by atoms with van der Waals surface area (Å²) in [6.07, 6.45) is 0. The monoisotopic (exact) mass is 482 g/mol. The number of carbonyl (C=O) groups excluding carboxylic acids is 2. The average Bonchev–Trinajstić information content (AvgIpc) is 3.27. The van der Waals surface area contributed by atoms with Gasteiger partial charge in [-0.1, -0.05) is 34.4 Å². The molecule has 0 fully saturated rings. The topological polar surface area (TPSA) is 135 Å². The number of carbonyl (C=O) groups is 2. The van der Waals surface area contributed by atoms with Crippen LogP contribution in [0, 0.1) is 0 Å². The standard InChI is InChI=1S/C22H16Cl2N6O3/c23-17-9-8-16(11-18(17)24)28-22(32)27-15-3-1-2-13(10-15)20-29-19(30-33-20)12-4-6-14(7-5-12)26-21(25)31/h1-11H,(H3,25,26,31)(H2,27,28,32). The predicted molar refractivity (Wildman–Crippen MR) is 127 cm³/mol. The van der Waals surface area contributed by atoms with Crippen molar-refractivity contribution in [2.24, 2.45) is 5.73 Å². The average molecular weight is 483 g/mol. The van der Waals surface area contributed by atoms with E-state index in [2.05, 4.69) is 26.1 Å². The summed E-state index contributed by atoms with van der Waals surface area (Å²) in [7, 11) is 0. The maximum atomic E-state index is 12.3. The van der Waals surface area contributed by atoms with E-state index in [1.807, 2.05) is 0 Å². The largest absolute Gasteiger partial charge is 0.351 e. The number of anilines is 3. The molecule has 0 aliphatic rings. The van der Waals surface area contributed by atoms with Gasteiger partial charge in [-0.3, -0.25) is 0 Å². The molecule has 0 atom stereocenters. The fourth-order valence-corrected chi connectivity index (χ4v) is 3.20. The van der Waals surface area contributed by atoms with Gasteiger partial charge >= 0.3 is 12.1 Å². The minimum atomic E-state index is -0.649. The van der Waals surface area contributed by atoms with Crippen molar-refractivity contribution in [1.29, 1.82) is 0 Å². The number of rotatable bonds is 5. The van der Waals surface area contributed by atoms with Gasteiger partial charge in [0.05, 0.1) is 10.0 Å². The number of hydrogen-bond donors (Lipinski definition) is 4. The molecule has 1 heterocycles. The summed E-state index contributed by atoms with van der Waals surface area (Å²) in [5.41, 5.74) is 7.98. The van der Waals surface area contributed by atoms with E-state index in [1.165, 1.54) is 0 Å². The van der Waals surface area contributed by atoms with E-state index in [-0.39, 0.29) is 5.89 Å². The molecule has 4 rings (SSSR count). The van der Waals surface area contributed by atoms with Crippen molar-refractivity contribution in [1.82, 2.24) is 10.1 Å². The molecule has 0 bridgehead atoms. The van der Waals surface area contributed by atoms with Crippen molar-refractivity contribution >= 4 is 52.3 Å². The van der Waals surface area contributed by atoms with Crippen LogP contribution in [0.2, 0.25) is 10.0 Å². The van der Waals surface area contributed by atoms with Gasteiger partial charge in [0.2, 0.25) is 5.82 Å². The van der Waals surface area contributed by atoms with Crippen LogP contribution in [0.1, 0.15) is 0 Å². The van der Waals surface area contributed by atoms with E-state index in [4.69, 9.17) is 33.5 Å². The third kappa shape index (κ3) is 5.59. The Bertz CT molecular complexity index is 1320. The lowest BCUT2D eigenvalue weighted by Gasteiger charge is -2.09. The molecule has 4 aromatic rings. The van der Waals surface area contributed by atoms with Gasteiger partial charge in [0, 0.05) is 28.2 Å². The Morgan fingerprint density at radius 2 is 1.48 bits per heavy atom. The fourth-order valence-electron chi connectivity index (χ4n) is 2.90. The second-order valence-corrected chi connectivity index (χ2v) is 7.59. The number of urea groups is 2. The van der Waals surface area contributed by atoms with E-state index < -0.39 is 12.1 Å². The van der Waals surface area contributed by atoms with Crippen LogP contribution in [0.5, 0.6) is 0 Å². The molecule has 1 aromatic heterocycles. The minimum Gasteiger partial charge on any atom is -0.351 e. The summed E-state index contributed by atoms with van der Waals surface area (Å²) in [6, 6.07) is 17.4. The van der Waals surface area contributed by atoms with E-state index in [9.17, 15) is 9.59 Å². The first-order valence-electron chi connectivity index (χ1n) is 9.51. The molecule has 4 amide bonds. The highest BCUT2D eigenvalue weighted by Crippen LogP contribution is 2.27. The molecule has 0 aliphatic carbocycles. The Labute approximate surface area is 197 Å². The summed E-state index contributed by atoms with van der Waals surface area (Å²) < 4.78 is 5.37. The zero-order valence-corrected chi connectivity index (χ0v) is 18.3. The van der Waals surface area contributed by atoms with Crippen molar-refractivity contribution in [3.63, 3.8) is 0 Å². The van der Waals surface area contributed by atoms with Gasteiger partial charge in [0.1, 0.15) is 0 Å². The van der Waals surface area contributed by atoms with Crippen LogP contribution in [0.3, 0.4) is 0 Å². The first kappa shape index (κ1) is 22.1. The van der Waals surface area contributed by atoms with E-state index in [1.54, 1.807) is 66.7 Å². The first-order chi connectivity index (χ1) is 15.9. The number of hydrogen-bond acceptors (Lipinski definition) is 5. The zero-order chi connectivity index (χ0) is 23.4. The Morgan fingerprint density at radius 1 is 0.788 bits per heavy atom. The highest BCUT2D eigenvalue weighted by atomic mass is 35.5. The number of nitrogens with one attached hydrogen (secondary N) is 3. The Hall–Kier alpha value is -4.08. The summed E-state index contributed by atoms with van der Waals surface area (Å²) in [5.74, 6) is 0.643. The normalized spacial score (nSPS) is 10.5. The molecular formula is C22H16Cl2N6O3. The van der Waals surface area contributed by atoms with Gasteiger partial charge < -0.3 is 26.2 Å². The number of amides is 4. The van der Waals surface area contributed by atoms with Gasteiger partial charge in [-0.2, -0.15) is 4.98 Å². The third-order valence-corrected chi connectivity index (χ3v) is 5.12. The van der Waals surface area contributed by atoms with Gasteiger partial charge in [-0.15, -0.1) is 0 Å². The number of halogens is 2. The molecule has 5 N–H and O–H groups in total. The molecule has 33 heavy (non-hydrogen) atoms. The van der Waals surface area contributed by atoms with Gasteiger partial charge in [0.25, 0.3) is 5.89 Å². The summed E-state index contributed by atoms with van der Waals surface area (Å²) in [5, 5.41) is 12.6. The van der Waals surface area contributed by atoms with E-state index in [0.29, 0.717) is 44.1 Å². The van der Waals surface area contributed by atoms with Crippen molar-refractivity contribution in [3.05, 3.63) is 76.8 Å². The second-order valence-electron chi connectivity index (χ2n) is 6.78. The van der Waals surface area contributed by atoms with E-state index >= 15 is 0 Å². The van der Waals surface area contributed by atoms with Gasteiger partial charge in [-0.05, 0) is 60.7 Å². The molecule has 9 nitrogen and oxygen atoms in total. The Kier molecular flexibility index (Phi) is 6.43. The molecule has 0 radical (unpaired) electrons. The number of benzene rings is 3. The Balaban J connectivity index is 1.45. The van der Waals surface area contributed by atoms with Crippen LogP contribution >= 0.6 is 23.2 Å². The highest BCUT2D eigenvalue weighted by molar-refractivity contribution is 6.42. The SMILES string of the molecule is NC(=O)Nc1ccc(-c2noc(-c3cccc(NC(=O)Nc4ccc(Cl)c(Cl)c4)c3)n2)cc1. The van der Waals surface area contributed by atoms with Crippen molar-refractivity contribution < 1.29 is 14.1 Å². The van der Waals surface area contributed by atoms with Crippen LogP contribution in [-0.2, 0) is 0 Å². The van der Waals surface area contributed by atoms with Gasteiger partial charge in [-0.25, -0.2) is 9.59 Å². The zero-order valence-electron chi connectivity index (χ0n) is 16.8. The van der Waals surface area contributed by atoms with Crippen LogP contribution in [-0.4, -0.2) is 22.2 Å². The molecule has 3 aromatic carbocycles. The first-order valence-corrected chi connectivity index (χ1v) is 10.3. The predicted octanol–water partition coefficient (Wildman–Crippen LogP) is 5.85. The van der Waals surface area contributed by atoms with Crippen LogP contribution in [0.15, 0.2) is 71.3 Å².